The normalized spacial score (nSPS) is 15.6. The van der Waals surface area contributed by atoms with Crippen molar-refractivity contribution in [1.82, 2.24) is 0 Å². The van der Waals surface area contributed by atoms with Gasteiger partial charge in [-0.25, -0.2) is 0 Å². The summed E-state index contributed by atoms with van der Waals surface area (Å²) in [6, 6.07) is 11.3. The van der Waals surface area contributed by atoms with Gasteiger partial charge in [-0.2, -0.15) is 0 Å². The van der Waals surface area contributed by atoms with E-state index in [0.717, 1.165) is 6.42 Å². The second-order valence-electron chi connectivity index (χ2n) is 5.70. The molecule has 0 aromatic heterocycles. The minimum Gasteiger partial charge on any atom is -0.0770 e. The number of hydrogen-bond donors (Lipinski definition) is 0. The third kappa shape index (κ3) is 1.59. The van der Waals surface area contributed by atoms with E-state index in [2.05, 4.69) is 49.4 Å². The standard InChI is InChI=1S/C19H18/c1-13-5-4-7-15-10-11-17-16-8-3-2-6-14(16)9-12-18(17)19(13)15/h4-7,9-10,12H,2-3,8,11H2,1H3. The van der Waals surface area contributed by atoms with Crippen LogP contribution in [0.3, 0.4) is 0 Å². The molecule has 0 amide bonds. The second-order valence-corrected chi connectivity index (χ2v) is 5.70. The zero-order chi connectivity index (χ0) is 12.8. The van der Waals surface area contributed by atoms with Gasteiger partial charge in [-0.3, -0.25) is 0 Å². The molecule has 2 aromatic rings. The second kappa shape index (κ2) is 4.09. The van der Waals surface area contributed by atoms with E-state index in [1.54, 1.807) is 11.1 Å². The molecule has 0 atom stereocenters. The Hall–Kier alpha value is -1.82. The number of benzene rings is 2. The van der Waals surface area contributed by atoms with E-state index < -0.39 is 0 Å². The summed E-state index contributed by atoms with van der Waals surface area (Å²) in [4.78, 5) is 0. The zero-order valence-electron chi connectivity index (χ0n) is 11.4. The van der Waals surface area contributed by atoms with Gasteiger partial charge in [-0.15, -0.1) is 0 Å². The molecular formula is C19H18. The lowest BCUT2D eigenvalue weighted by atomic mass is 9.88. The van der Waals surface area contributed by atoms with Gasteiger partial charge in [-0.1, -0.05) is 42.5 Å². The Morgan fingerprint density at radius 2 is 1.84 bits per heavy atom. The molecule has 4 rings (SSSR count). The van der Waals surface area contributed by atoms with Crippen LogP contribution in [-0.2, 0) is 12.8 Å². The van der Waals surface area contributed by atoms with Crippen LogP contribution in [0.15, 0.2) is 30.3 Å². The first-order valence-electron chi connectivity index (χ1n) is 7.26. The van der Waals surface area contributed by atoms with Crippen molar-refractivity contribution in [3.05, 3.63) is 67.9 Å². The predicted octanol–water partition coefficient (Wildman–Crippen LogP) is 2.74. The van der Waals surface area contributed by atoms with Crippen LogP contribution < -0.4 is 10.4 Å². The maximum Gasteiger partial charge on any atom is -0.00791 e. The highest BCUT2D eigenvalue weighted by molar-refractivity contribution is 5.48. The van der Waals surface area contributed by atoms with Gasteiger partial charge < -0.3 is 0 Å². The molecular weight excluding hydrogens is 228 g/mol. The number of hydrogen-bond acceptors (Lipinski definition) is 0. The number of rotatable bonds is 0. The van der Waals surface area contributed by atoms with Crippen molar-refractivity contribution in [2.45, 2.75) is 32.6 Å². The third-order valence-corrected chi connectivity index (χ3v) is 4.56. The highest BCUT2D eigenvalue weighted by Crippen LogP contribution is 2.18. The Labute approximate surface area is 113 Å². The molecule has 0 heteroatoms. The molecule has 0 unspecified atom stereocenters. The van der Waals surface area contributed by atoms with Gasteiger partial charge in [0.15, 0.2) is 0 Å². The molecule has 2 aliphatic rings. The van der Waals surface area contributed by atoms with Gasteiger partial charge in [-0.05, 0) is 70.2 Å². The molecule has 2 aromatic carbocycles. The molecule has 19 heavy (non-hydrogen) atoms. The van der Waals surface area contributed by atoms with Crippen molar-refractivity contribution >= 4 is 12.2 Å². The molecule has 0 fully saturated rings. The molecule has 94 valence electrons. The third-order valence-electron chi connectivity index (χ3n) is 4.56. The molecule has 0 N–H and O–H groups in total. The predicted molar refractivity (Wildman–Crippen MR) is 80.1 cm³/mol. The lowest BCUT2D eigenvalue weighted by Gasteiger charge is -2.16. The van der Waals surface area contributed by atoms with Crippen LogP contribution in [0.1, 0.15) is 29.5 Å². The number of aryl methyl sites for hydroxylation is 1. The number of fused-ring (bicyclic) bond motifs is 4. The van der Waals surface area contributed by atoms with Crippen molar-refractivity contribution < 1.29 is 0 Å². The first-order chi connectivity index (χ1) is 9.34. The van der Waals surface area contributed by atoms with Crippen LogP contribution in [0, 0.1) is 17.4 Å². The molecule has 0 radical (unpaired) electrons. The van der Waals surface area contributed by atoms with Crippen LogP contribution in [0.4, 0.5) is 0 Å². The summed E-state index contributed by atoms with van der Waals surface area (Å²) in [5, 5.41) is 5.82. The van der Waals surface area contributed by atoms with Crippen molar-refractivity contribution in [2.75, 3.05) is 0 Å². The van der Waals surface area contributed by atoms with E-state index in [1.807, 2.05) is 0 Å². The maximum absolute atomic E-state index is 2.41. The first kappa shape index (κ1) is 11.0. The van der Waals surface area contributed by atoms with Gasteiger partial charge >= 0.3 is 0 Å². The van der Waals surface area contributed by atoms with E-state index in [-0.39, 0.29) is 0 Å². The zero-order valence-corrected chi connectivity index (χ0v) is 11.4. The lowest BCUT2D eigenvalue weighted by Crippen LogP contribution is -2.20. The topological polar surface area (TPSA) is 0 Å². The Morgan fingerprint density at radius 1 is 0.895 bits per heavy atom. The van der Waals surface area contributed by atoms with Crippen LogP contribution >= 0.6 is 0 Å². The van der Waals surface area contributed by atoms with E-state index in [9.17, 15) is 0 Å². The molecule has 2 aliphatic carbocycles. The average molecular weight is 246 g/mol. The molecule has 0 heterocycles. The molecule has 0 spiro atoms. The fourth-order valence-electron chi connectivity index (χ4n) is 3.64. The Balaban J connectivity index is 2.27. The Morgan fingerprint density at radius 3 is 2.79 bits per heavy atom. The average Bonchev–Trinajstić information content (AvgIpc) is 2.46. The summed E-state index contributed by atoms with van der Waals surface area (Å²) in [5.41, 5.74) is 4.58. The smallest absolute Gasteiger partial charge is 0.00791 e. The fourth-order valence-corrected chi connectivity index (χ4v) is 3.64. The van der Waals surface area contributed by atoms with Crippen LogP contribution in [-0.4, -0.2) is 0 Å². The van der Waals surface area contributed by atoms with Crippen molar-refractivity contribution in [2.24, 2.45) is 0 Å². The summed E-state index contributed by atoms with van der Waals surface area (Å²) < 4.78 is 0. The van der Waals surface area contributed by atoms with Gasteiger partial charge in [0.25, 0.3) is 0 Å². The van der Waals surface area contributed by atoms with E-state index >= 15 is 0 Å². The van der Waals surface area contributed by atoms with Crippen LogP contribution in [0.5, 0.6) is 0 Å². The molecule has 0 bridgehead atoms. The Bertz CT molecular complexity index is 869. The van der Waals surface area contributed by atoms with Crippen LogP contribution in [0.25, 0.3) is 12.2 Å². The highest BCUT2D eigenvalue weighted by Gasteiger charge is 2.11. The van der Waals surface area contributed by atoms with E-state index in [1.165, 1.54) is 45.7 Å². The maximum atomic E-state index is 2.41. The molecule has 0 saturated carbocycles. The summed E-state index contributed by atoms with van der Waals surface area (Å²) in [6.45, 7) is 2.23. The summed E-state index contributed by atoms with van der Waals surface area (Å²) in [5.74, 6) is 0. The summed E-state index contributed by atoms with van der Waals surface area (Å²) in [7, 11) is 0. The highest BCUT2D eigenvalue weighted by atomic mass is 14.2. The minimum absolute atomic E-state index is 1.10. The summed E-state index contributed by atoms with van der Waals surface area (Å²) >= 11 is 0. The van der Waals surface area contributed by atoms with Crippen molar-refractivity contribution in [1.29, 1.82) is 0 Å². The molecule has 0 aliphatic heterocycles. The van der Waals surface area contributed by atoms with Gasteiger partial charge in [0.05, 0.1) is 0 Å². The monoisotopic (exact) mass is 246 g/mol. The van der Waals surface area contributed by atoms with Crippen molar-refractivity contribution in [3.63, 3.8) is 0 Å². The lowest BCUT2D eigenvalue weighted by molar-refractivity contribution is 0.824. The SMILES string of the molecule is Cc1cccc2c1=c1ccc3c(c1CC=2)CCCC=3. The quantitative estimate of drug-likeness (QED) is 0.670. The van der Waals surface area contributed by atoms with Crippen LogP contribution in [0.2, 0.25) is 0 Å². The largest absolute Gasteiger partial charge is 0.0770 e. The molecule has 0 nitrogen and oxygen atoms in total. The minimum atomic E-state index is 1.10. The van der Waals surface area contributed by atoms with E-state index in [4.69, 9.17) is 0 Å². The van der Waals surface area contributed by atoms with E-state index in [0.29, 0.717) is 0 Å². The van der Waals surface area contributed by atoms with Crippen molar-refractivity contribution in [3.8, 4) is 0 Å². The molecule has 0 saturated heterocycles. The van der Waals surface area contributed by atoms with Gasteiger partial charge in [0.1, 0.15) is 0 Å². The van der Waals surface area contributed by atoms with Gasteiger partial charge in [0, 0.05) is 0 Å². The Kier molecular flexibility index (Phi) is 2.38. The van der Waals surface area contributed by atoms with Gasteiger partial charge in [0.2, 0.25) is 0 Å². The first-order valence-corrected chi connectivity index (χ1v) is 7.26. The summed E-state index contributed by atoms with van der Waals surface area (Å²) in [6.07, 6.45) is 9.72. The fraction of sp³-hybridized carbons (Fsp3) is 0.263.